The quantitative estimate of drug-likeness (QED) is 0.927. The fourth-order valence-electron chi connectivity index (χ4n) is 3.70. The highest BCUT2D eigenvalue weighted by molar-refractivity contribution is 5.83. The van der Waals surface area contributed by atoms with Crippen LogP contribution >= 0.6 is 0 Å². The van der Waals surface area contributed by atoms with E-state index in [-0.39, 0.29) is 29.1 Å². The van der Waals surface area contributed by atoms with E-state index in [0.717, 1.165) is 32.4 Å². The third-order valence-electron chi connectivity index (χ3n) is 5.29. The summed E-state index contributed by atoms with van der Waals surface area (Å²) in [4.78, 5) is 14.8. The normalized spacial score (nSPS) is 22.8. The lowest BCUT2D eigenvalue weighted by molar-refractivity contribution is -0.136. The monoisotopic (exact) mass is 304 g/mol. The molecule has 3 nitrogen and oxygen atoms in total. The number of hydrogen-bond donors (Lipinski definition) is 1. The van der Waals surface area contributed by atoms with Crippen LogP contribution in [0.15, 0.2) is 24.3 Å². The number of carbonyl (C=O) groups is 1. The molecule has 1 saturated carbocycles. The Bertz CT molecular complexity index is 552. The van der Waals surface area contributed by atoms with Gasteiger partial charge in [-0.05, 0) is 57.7 Å². The summed E-state index contributed by atoms with van der Waals surface area (Å²) in [6.07, 6.45) is 3.19. The first-order valence-electron chi connectivity index (χ1n) is 8.28. The van der Waals surface area contributed by atoms with Crippen LogP contribution in [0.1, 0.15) is 38.7 Å². The van der Waals surface area contributed by atoms with Crippen LogP contribution in [0.2, 0.25) is 0 Å². The Kier molecular flexibility index (Phi) is 4.22. The van der Waals surface area contributed by atoms with E-state index in [2.05, 4.69) is 5.32 Å². The number of piperidine rings is 1. The molecule has 1 atom stereocenters. The van der Waals surface area contributed by atoms with E-state index in [4.69, 9.17) is 0 Å². The molecule has 2 aliphatic rings. The van der Waals surface area contributed by atoms with Crippen molar-refractivity contribution in [2.45, 2.75) is 45.7 Å². The molecule has 1 saturated heterocycles. The molecule has 120 valence electrons. The maximum absolute atomic E-state index is 13.9. The lowest BCUT2D eigenvalue weighted by Gasteiger charge is -2.30. The van der Waals surface area contributed by atoms with Crippen LogP contribution in [-0.2, 0) is 11.3 Å². The summed E-state index contributed by atoms with van der Waals surface area (Å²) in [5.41, 5.74) is 0.828. The second kappa shape index (κ2) is 5.99. The zero-order valence-electron chi connectivity index (χ0n) is 13.4. The van der Waals surface area contributed by atoms with E-state index in [1.165, 1.54) is 6.07 Å². The first-order chi connectivity index (χ1) is 10.5. The summed E-state index contributed by atoms with van der Waals surface area (Å²) < 4.78 is 13.9. The number of benzene rings is 1. The molecule has 2 fully saturated rings. The van der Waals surface area contributed by atoms with Crippen molar-refractivity contribution < 1.29 is 9.18 Å². The Balaban J connectivity index is 1.72. The Morgan fingerprint density at radius 2 is 2.05 bits per heavy atom. The average Bonchev–Trinajstić information content (AvgIpc) is 3.19. The first kappa shape index (κ1) is 15.5. The van der Waals surface area contributed by atoms with Gasteiger partial charge < -0.3 is 10.2 Å². The van der Waals surface area contributed by atoms with E-state index in [9.17, 15) is 9.18 Å². The fraction of sp³-hybridized carbons (Fsp3) is 0.611. The SMILES string of the molecule is CC(C)N(Cc1ccccc1F)C(=O)C1CC12CCNCC2. The van der Waals surface area contributed by atoms with Crippen LogP contribution in [0.25, 0.3) is 0 Å². The van der Waals surface area contributed by atoms with E-state index in [1.54, 1.807) is 12.1 Å². The van der Waals surface area contributed by atoms with Crippen molar-refractivity contribution in [3.63, 3.8) is 0 Å². The molecular formula is C18H25FN2O. The Morgan fingerprint density at radius 3 is 2.68 bits per heavy atom. The predicted molar refractivity (Wildman–Crippen MR) is 84.7 cm³/mol. The summed E-state index contributed by atoms with van der Waals surface area (Å²) in [5, 5.41) is 3.36. The molecule has 1 aromatic rings. The largest absolute Gasteiger partial charge is 0.336 e. The van der Waals surface area contributed by atoms with Crippen LogP contribution in [0.5, 0.6) is 0 Å². The average molecular weight is 304 g/mol. The molecule has 1 unspecified atom stereocenters. The van der Waals surface area contributed by atoms with Gasteiger partial charge in [0.2, 0.25) is 5.91 Å². The minimum absolute atomic E-state index is 0.0893. The topological polar surface area (TPSA) is 32.3 Å². The van der Waals surface area contributed by atoms with E-state index >= 15 is 0 Å². The first-order valence-corrected chi connectivity index (χ1v) is 8.28. The van der Waals surface area contributed by atoms with Crippen LogP contribution in [0, 0.1) is 17.2 Å². The molecule has 1 aliphatic heterocycles. The Morgan fingerprint density at radius 1 is 1.36 bits per heavy atom. The van der Waals surface area contributed by atoms with Gasteiger partial charge in [-0.2, -0.15) is 0 Å². The number of rotatable bonds is 4. The van der Waals surface area contributed by atoms with Crippen molar-refractivity contribution in [3.05, 3.63) is 35.6 Å². The molecule has 3 rings (SSSR count). The molecule has 1 heterocycles. The standard InChI is InChI=1S/C18H25FN2O/c1-13(2)21(12-14-5-3-4-6-16(14)19)17(22)15-11-18(15)7-9-20-10-8-18/h3-6,13,15,20H,7-12H2,1-2H3. The van der Waals surface area contributed by atoms with Crippen LogP contribution in [0.3, 0.4) is 0 Å². The molecule has 1 spiro atoms. The molecule has 0 bridgehead atoms. The minimum atomic E-state index is -0.228. The molecule has 1 N–H and O–H groups in total. The van der Waals surface area contributed by atoms with Gasteiger partial charge in [-0.1, -0.05) is 18.2 Å². The molecule has 22 heavy (non-hydrogen) atoms. The number of amides is 1. The van der Waals surface area contributed by atoms with Gasteiger partial charge in [-0.15, -0.1) is 0 Å². The van der Waals surface area contributed by atoms with Crippen molar-refractivity contribution in [3.8, 4) is 0 Å². The summed E-state index contributed by atoms with van der Waals surface area (Å²) in [6, 6.07) is 6.83. The molecule has 0 radical (unpaired) electrons. The molecule has 1 aromatic carbocycles. The Labute approximate surface area is 131 Å². The van der Waals surface area contributed by atoms with Gasteiger partial charge >= 0.3 is 0 Å². The lowest BCUT2D eigenvalue weighted by Crippen LogP contribution is -2.40. The van der Waals surface area contributed by atoms with Crippen molar-refractivity contribution >= 4 is 5.91 Å². The van der Waals surface area contributed by atoms with Crippen molar-refractivity contribution in [2.24, 2.45) is 11.3 Å². The summed E-state index contributed by atoms with van der Waals surface area (Å²) in [5.74, 6) is 0.122. The molecule has 4 heteroatoms. The van der Waals surface area contributed by atoms with Gasteiger partial charge in [-0.3, -0.25) is 4.79 Å². The maximum Gasteiger partial charge on any atom is 0.226 e. The van der Waals surface area contributed by atoms with Crippen molar-refractivity contribution in [1.82, 2.24) is 10.2 Å². The highest BCUT2D eigenvalue weighted by Gasteiger charge is 2.58. The van der Waals surface area contributed by atoms with Crippen LogP contribution in [-0.4, -0.2) is 29.9 Å². The third kappa shape index (κ3) is 2.89. The number of carbonyl (C=O) groups excluding carboxylic acids is 1. The van der Waals surface area contributed by atoms with Gasteiger partial charge in [0.05, 0.1) is 0 Å². The number of nitrogens with one attached hydrogen (secondary N) is 1. The Hall–Kier alpha value is -1.42. The minimum Gasteiger partial charge on any atom is -0.336 e. The van der Waals surface area contributed by atoms with Crippen molar-refractivity contribution in [1.29, 1.82) is 0 Å². The molecular weight excluding hydrogens is 279 g/mol. The summed E-state index contributed by atoms with van der Waals surface area (Å²) in [6.45, 7) is 6.41. The number of nitrogens with zero attached hydrogens (tertiary/aromatic N) is 1. The van der Waals surface area contributed by atoms with Gasteiger partial charge in [0.25, 0.3) is 0 Å². The van der Waals surface area contributed by atoms with Gasteiger partial charge in [-0.25, -0.2) is 4.39 Å². The second-order valence-corrected chi connectivity index (χ2v) is 7.02. The molecule has 1 amide bonds. The van der Waals surface area contributed by atoms with Crippen molar-refractivity contribution in [2.75, 3.05) is 13.1 Å². The zero-order valence-corrected chi connectivity index (χ0v) is 13.4. The van der Waals surface area contributed by atoms with E-state index in [0.29, 0.717) is 12.1 Å². The fourth-order valence-corrected chi connectivity index (χ4v) is 3.70. The van der Waals surface area contributed by atoms with Gasteiger partial charge in [0, 0.05) is 24.1 Å². The van der Waals surface area contributed by atoms with E-state index < -0.39 is 0 Å². The lowest BCUT2D eigenvalue weighted by atomic mass is 9.91. The zero-order chi connectivity index (χ0) is 15.7. The molecule has 1 aliphatic carbocycles. The van der Waals surface area contributed by atoms with E-state index in [1.807, 2.05) is 24.8 Å². The highest BCUT2D eigenvalue weighted by atomic mass is 19.1. The smallest absolute Gasteiger partial charge is 0.226 e. The highest BCUT2D eigenvalue weighted by Crippen LogP contribution is 2.59. The summed E-state index contributed by atoms with van der Waals surface area (Å²) in [7, 11) is 0. The maximum atomic E-state index is 13.9. The van der Waals surface area contributed by atoms with Crippen LogP contribution < -0.4 is 5.32 Å². The predicted octanol–water partition coefficient (Wildman–Crippen LogP) is 2.95. The van der Waals surface area contributed by atoms with Gasteiger partial charge in [0.15, 0.2) is 0 Å². The second-order valence-electron chi connectivity index (χ2n) is 7.02. The van der Waals surface area contributed by atoms with Gasteiger partial charge in [0.1, 0.15) is 5.82 Å². The third-order valence-corrected chi connectivity index (χ3v) is 5.29. The number of hydrogen-bond acceptors (Lipinski definition) is 2. The summed E-state index contributed by atoms with van der Waals surface area (Å²) >= 11 is 0. The van der Waals surface area contributed by atoms with Crippen LogP contribution in [0.4, 0.5) is 4.39 Å². The number of halogens is 1. The molecule has 0 aromatic heterocycles.